The van der Waals surface area contributed by atoms with E-state index in [4.69, 9.17) is 21.7 Å². The molecule has 0 aliphatic carbocycles. The first-order valence-electron chi connectivity index (χ1n) is 9.26. The summed E-state index contributed by atoms with van der Waals surface area (Å²) in [6, 6.07) is 16.4. The van der Waals surface area contributed by atoms with Gasteiger partial charge in [0.15, 0.2) is 5.16 Å². The van der Waals surface area contributed by atoms with Gasteiger partial charge >= 0.3 is 0 Å². The van der Waals surface area contributed by atoms with E-state index in [0.717, 1.165) is 38.7 Å². The van der Waals surface area contributed by atoms with Gasteiger partial charge in [0.05, 0.1) is 22.0 Å². The monoisotopic (exact) mass is 419 g/mol. The summed E-state index contributed by atoms with van der Waals surface area (Å²) in [6.07, 6.45) is 3.59. The second-order valence-corrected chi connectivity index (χ2v) is 8.55. The first-order valence-corrected chi connectivity index (χ1v) is 10.5. The SMILES string of the molecule is Cc1ccc(C(Sc2ncc[nH]2)c2nc3cc(Cl)ccc3c3cc(C)nn23)cc1. The quantitative estimate of drug-likeness (QED) is 0.376. The topological polar surface area (TPSA) is 58.9 Å². The maximum Gasteiger partial charge on any atom is 0.166 e. The lowest BCUT2D eigenvalue weighted by molar-refractivity contribution is 0.816. The molecule has 1 unspecified atom stereocenters. The molecule has 0 spiro atoms. The van der Waals surface area contributed by atoms with E-state index in [9.17, 15) is 0 Å². The van der Waals surface area contributed by atoms with Crippen molar-refractivity contribution in [1.82, 2.24) is 24.6 Å². The lowest BCUT2D eigenvalue weighted by Crippen LogP contribution is -2.09. The van der Waals surface area contributed by atoms with Gasteiger partial charge in [0, 0.05) is 22.8 Å². The van der Waals surface area contributed by atoms with Crippen LogP contribution in [0.4, 0.5) is 0 Å². The highest BCUT2D eigenvalue weighted by Crippen LogP contribution is 2.39. The summed E-state index contributed by atoms with van der Waals surface area (Å²) in [5, 5.41) is 7.20. The number of H-pyrrole nitrogens is 1. The lowest BCUT2D eigenvalue weighted by Gasteiger charge is -2.18. The molecule has 2 aromatic carbocycles. The molecule has 0 amide bonds. The molecule has 1 atom stereocenters. The summed E-state index contributed by atoms with van der Waals surface area (Å²) < 4.78 is 1.95. The van der Waals surface area contributed by atoms with Crippen LogP contribution in [0.5, 0.6) is 0 Å². The zero-order valence-electron chi connectivity index (χ0n) is 15.9. The predicted octanol–water partition coefficient (Wildman–Crippen LogP) is 5.76. The molecule has 0 saturated carbocycles. The van der Waals surface area contributed by atoms with Gasteiger partial charge in [-0.25, -0.2) is 14.5 Å². The lowest BCUT2D eigenvalue weighted by atomic mass is 10.1. The number of hydrogen-bond acceptors (Lipinski definition) is 4. The van der Waals surface area contributed by atoms with Gasteiger partial charge in [0.25, 0.3) is 0 Å². The second-order valence-electron chi connectivity index (χ2n) is 7.02. The number of rotatable bonds is 4. The van der Waals surface area contributed by atoms with Crippen molar-refractivity contribution in [2.45, 2.75) is 24.3 Å². The number of imidazole rings is 1. The third-order valence-electron chi connectivity index (χ3n) is 4.84. The Balaban J connectivity index is 1.78. The van der Waals surface area contributed by atoms with Crippen LogP contribution in [0, 0.1) is 13.8 Å². The molecule has 7 heteroatoms. The maximum atomic E-state index is 6.27. The number of aryl methyl sites for hydroxylation is 2. The molecule has 29 heavy (non-hydrogen) atoms. The Labute approximate surface area is 177 Å². The molecular weight excluding hydrogens is 402 g/mol. The highest BCUT2D eigenvalue weighted by molar-refractivity contribution is 7.99. The van der Waals surface area contributed by atoms with Gasteiger partial charge in [0.2, 0.25) is 0 Å². The van der Waals surface area contributed by atoms with Gasteiger partial charge in [-0.05, 0) is 43.7 Å². The van der Waals surface area contributed by atoms with Crippen LogP contribution in [0.2, 0.25) is 5.02 Å². The van der Waals surface area contributed by atoms with Crippen molar-refractivity contribution in [1.29, 1.82) is 0 Å². The van der Waals surface area contributed by atoms with Crippen LogP contribution in [-0.4, -0.2) is 24.6 Å². The van der Waals surface area contributed by atoms with E-state index in [2.05, 4.69) is 47.2 Å². The van der Waals surface area contributed by atoms with Crippen LogP contribution in [0.1, 0.15) is 27.9 Å². The number of nitrogens with one attached hydrogen (secondary N) is 1. The Morgan fingerprint density at radius 2 is 1.90 bits per heavy atom. The third-order valence-corrected chi connectivity index (χ3v) is 6.24. The fourth-order valence-electron chi connectivity index (χ4n) is 3.46. The van der Waals surface area contributed by atoms with Crippen molar-refractivity contribution < 1.29 is 0 Å². The molecule has 0 saturated heterocycles. The minimum absolute atomic E-state index is 0.0908. The number of benzene rings is 2. The molecule has 0 radical (unpaired) electrons. The predicted molar refractivity (Wildman–Crippen MR) is 118 cm³/mol. The Hall–Kier alpha value is -2.83. The van der Waals surface area contributed by atoms with Crippen LogP contribution >= 0.6 is 23.4 Å². The summed E-state index contributed by atoms with van der Waals surface area (Å²) in [5.74, 6) is 0.841. The molecule has 0 bridgehead atoms. The fourth-order valence-corrected chi connectivity index (χ4v) is 4.66. The van der Waals surface area contributed by atoms with Crippen LogP contribution < -0.4 is 0 Å². The molecule has 0 aliphatic heterocycles. The largest absolute Gasteiger partial charge is 0.340 e. The highest BCUT2D eigenvalue weighted by atomic mass is 35.5. The van der Waals surface area contributed by atoms with E-state index in [1.54, 1.807) is 18.0 Å². The zero-order valence-corrected chi connectivity index (χ0v) is 17.5. The molecule has 5 rings (SSSR count). The molecule has 5 aromatic rings. The zero-order chi connectivity index (χ0) is 20.0. The molecule has 0 fully saturated rings. The van der Waals surface area contributed by atoms with Crippen molar-refractivity contribution in [3.8, 4) is 0 Å². The maximum absolute atomic E-state index is 6.27. The van der Waals surface area contributed by atoms with Crippen molar-refractivity contribution in [3.05, 3.63) is 88.6 Å². The minimum Gasteiger partial charge on any atom is -0.340 e. The number of aromatic nitrogens is 5. The van der Waals surface area contributed by atoms with E-state index < -0.39 is 0 Å². The van der Waals surface area contributed by atoms with Crippen LogP contribution in [0.3, 0.4) is 0 Å². The molecule has 0 aliphatic rings. The van der Waals surface area contributed by atoms with Crippen molar-refractivity contribution >= 4 is 39.8 Å². The van der Waals surface area contributed by atoms with E-state index in [0.29, 0.717) is 5.02 Å². The summed E-state index contributed by atoms with van der Waals surface area (Å²) in [5.41, 5.74) is 5.18. The number of thioether (sulfide) groups is 1. The Kier molecular flexibility index (Phi) is 4.53. The molecule has 5 nitrogen and oxygen atoms in total. The Bertz CT molecular complexity index is 1310. The second kappa shape index (κ2) is 7.21. The van der Waals surface area contributed by atoms with Gasteiger partial charge in [-0.2, -0.15) is 5.10 Å². The summed E-state index contributed by atoms with van der Waals surface area (Å²) in [4.78, 5) is 12.6. The molecule has 3 aromatic heterocycles. The van der Waals surface area contributed by atoms with Crippen LogP contribution in [0.25, 0.3) is 16.4 Å². The van der Waals surface area contributed by atoms with E-state index in [1.165, 1.54) is 5.56 Å². The normalized spacial score (nSPS) is 12.7. The number of fused-ring (bicyclic) bond motifs is 3. The average Bonchev–Trinajstić information content (AvgIpc) is 3.35. The molecule has 1 N–H and O–H groups in total. The summed E-state index contributed by atoms with van der Waals surface area (Å²) in [6.45, 7) is 4.09. The van der Waals surface area contributed by atoms with Gasteiger partial charge < -0.3 is 4.98 Å². The number of halogens is 1. The van der Waals surface area contributed by atoms with E-state index >= 15 is 0 Å². The average molecular weight is 420 g/mol. The molecular formula is C22H18ClN5S. The van der Waals surface area contributed by atoms with Gasteiger partial charge in [-0.3, -0.25) is 0 Å². The fraction of sp³-hybridized carbons (Fsp3) is 0.136. The number of aromatic amines is 1. The van der Waals surface area contributed by atoms with E-state index in [-0.39, 0.29) is 5.25 Å². The highest BCUT2D eigenvalue weighted by Gasteiger charge is 2.24. The third kappa shape index (κ3) is 3.39. The minimum atomic E-state index is -0.0908. The standard InChI is InChI=1S/C22H18ClN5S/c1-13-3-5-15(6-4-13)20(29-22-24-9-10-25-22)21-26-18-12-16(23)7-8-17(18)19-11-14(2)27-28(19)21/h3-12,20H,1-2H3,(H,24,25). The Morgan fingerprint density at radius 1 is 1.07 bits per heavy atom. The summed E-state index contributed by atoms with van der Waals surface area (Å²) >= 11 is 7.90. The van der Waals surface area contributed by atoms with Crippen molar-refractivity contribution in [2.24, 2.45) is 0 Å². The van der Waals surface area contributed by atoms with Crippen molar-refractivity contribution in [3.63, 3.8) is 0 Å². The van der Waals surface area contributed by atoms with Gasteiger partial charge in [-0.1, -0.05) is 53.2 Å². The first-order chi connectivity index (χ1) is 14.1. The number of hydrogen-bond donors (Lipinski definition) is 1. The van der Waals surface area contributed by atoms with E-state index in [1.807, 2.05) is 35.8 Å². The van der Waals surface area contributed by atoms with Crippen LogP contribution in [-0.2, 0) is 0 Å². The molecule has 144 valence electrons. The van der Waals surface area contributed by atoms with Crippen molar-refractivity contribution in [2.75, 3.05) is 0 Å². The summed E-state index contributed by atoms with van der Waals surface area (Å²) in [7, 11) is 0. The van der Waals surface area contributed by atoms with Crippen LogP contribution in [0.15, 0.2) is 66.1 Å². The Morgan fingerprint density at radius 3 is 2.66 bits per heavy atom. The smallest absolute Gasteiger partial charge is 0.166 e. The molecule has 3 heterocycles. The number of nitrogens with zero attached hydrogens (tertiary/aromatic N) is 4. The first kappa shape index (κ1) is 18.2. The van der Waals surface area contributed by atoms with Gasteiger partial charge in [0.1, 0.15) is 5.82 Å². The van der Waals surface area contributed by atoms with Gasteiger partial charge in [-0.15, -0.1) is 0 Å².